The summed E-state index contributed by atoms with van der Waals surface area (Å²) in [5.41, 5.74) is 0.731. The molecule has 110 valence electrons. The van der Waals surface area contributed by atoms with Crippen LogP contribution in [0.25, 0.3) is 10.8 Å². The fraction of sp³-hybridized carbons (Fsp3) is 0.250. The van der Waals surface area contributed by atoms with Crippen molar-refractivity contribution in [2.24, 2.45) is 0 Å². The molecule has 21 heavy (non-hydrogen) atoms. The summed E-state index contributed by atoms with van der Waals surface area (Å²) < 4.78 is 0. The molecule has 2 aromatic carbocycles. The van der Waals surface area contributed by atoms with Crippen LogP contribution in [-0.2, 0) is 0 Å². The van der Waals surface area contributed by atoms with E-state index in [4.69, 9.17) is 0 Å². The van der Waals surface area contributed by atoms with E-state index in [1.54, 1.807) is 24.3 Å². The number of carbonyl (C=O) groups is 2. The Balaban J connectivity index is 2.48. The molecular formula is C16H18N2O3. The number of phenolic OH excluding ortho intramolecular Hbond substituents is 1. The van der Waals surface area contributed by atoms with Crippen LogP contribution in [0.5, 0.6) is 5.75 Å². The number of nitrogens with one attached hydrogen (secondary N) is 2. The highest BCUT2D eigenvalue weighted by Gasteiger charge is 2.13. The topological polar surface area (TPSA) is 78.4 Å². The molecule has 0 aromatic heterocycles. The lowest BCUT2D eigenvalue weighted by Crippen LogP contribution is -2.23. The monoisotopic (exact) mass is 286 g/mol. The SMILES string of the molecule is CCNC(=O)c1ccc2cc(O)c(C(=O)NCC)cc2c1. The first-order valence-corrected chi connectivity index (χ1v) is 6.90. The predicted molar refractivity (Wildman–Crippen MR) is 81.6 cm³/mol. The number of aromatic hydroxyl groups is 1. The molecule has 0 atom stereocenters. The van der Waals surface area contributed by atoms with Gasteiger partial charge in [-0.25, -0.2) is 0 Å². The van der Waals surface area contributed by atoms with Crippen LogP contribution in [0, 0.1) is 0 Å². The smallest absolute Gasteiger partial charge is 0.255 e. The fourth-order valence-electron chi connectivity index (χ4n) is 2.13. The highest BCUT2D eigenvalue weighted by molar-refractivity contribution is 6.03. The quantitative estimate of drug-likeness (QED) is 0.805. The fourth-order valence-corrected chi connectivity index (χ4v) is 2.13. The molecule has 0 saturated heterocycles. The van der Waals surface area contributed by atoms with E-state index >= 15 is 0 Å². The molecule has 0 unspecified atom stereocenters. The predicted octanol–water partition coefficient (Wildman–Crippen LogP) is 2.04. The summed E-state index contributed by atoms with van der Waals surface area (Å²) in [6.45, 7) is 4.69. The highest BCUT2D eigenvalue weighted by Crippen LogP contribution is 2.26. The van der Waals surface area contributed by atoms with Crippen LogP contribution in [0.4, 0.5) is 0 Å². The number of hydrogen-bond donors (Lipinski definition) is 3. The zero-order valence-electron chi connectivity index (χ0n) is 12.1. The van der Waals surface area contributed by atoms with Crippen molar-refractivity contribution in [2.75, 3.05) is 13.1 Å². The maximum atomic E-state index is 11.9. The number of phenols is 1. The van der Waals surface area contributed by atoms with E-state index in [9.17, 15) is 14.7 Å². The zero-order chi connectivity index (χ0) is 15.4. The number of benzene rings is 2. The van der Waals surface area contributed by atoms with Gasteiger partial charge in [-0.15, -0.1) is 0 Å². The molecule has 2 aromatic rings. The second kappa shape index (κ2) is 6.26. The third-order valence-corrected chi connectivity index (χ3v) is 3.14. The first kappa shape index (κ1) is 14.8. The van der Waals surface area contributed by atoms with Gasteiger partial charge in [-0.2, -0.15) is 0 Å². The van der Waals surface area contributed by atoms with Gasteiger partial charge in [-0.05, 0) is 48.9 Å². The van der Waals surface area contributed by atoms with Gasteiger partial charge in [0.15, 0.2) is 0 Å². The van der Waals surface area contributed by atoms with Crippen LogP contribution >= 0.6 is 0 Å². The van der Waals surface area contributed by atoms with Crippen molar-refractivity contribution in [1.29, 1.82) is 0 Å². The van der Waals surface area contributed by atoms with E-state index in [0.29, 0.717) is 18.7 Å². The van der Waals surface area contributed by atoms with E-state index in [1.165, 1.54) is 6.07 Å². The van der Waals surface area contributed by atoms with E-state index in [2.05, 4.69) is 10.6 Å². The normalized spacial score (nSPS) is 10.4. The molecule has 5 nitrogen and oxygen atoms in total. The highest BCUT2D eigenvalue weighted by atomic mass is 16.3. The molecular weight excluding hydrogens is 268 g/mol. The van der Waals surface area contributed by atoms with E-state index in [0.717, 1.165) is 10.8 Å². The Bertz CT molecular complexity index is 695. The molecule has 0 radical (unpaired) electrons. The molecule has 0 bridgehead atoms. The van der Waals surface area contributed by atoms with Gasteiger partial charge in [0.05, 0.1) is 5.56 Å². The minimum absolute atomic E-state index is 0.0702. The molecule has 0 fully saturated rings. The number of amides is 2. The number of fused-ring (bicyclic) bond motifs is 1. The third-order valence-electron chi connectivity index (χ3n) is 3.14. The number of carbonyl (C=O) groups excluding carboxylic acids is 2. The van der Waals surface area contributed by atoms with Crippen LogP contribution in [0.15, 0.2) is 30.3 Å². The molecule has 2 amide bonds. The summed E-state index contributed by atoms with van der Waals surface area (Å²) in [5.74, 6) is -0.563. The Kier molecular flexibility index (Phi) is 4.42. The molecule has 0 heterocycles. The van der Waals surface area contributed by atoms with Crippen molar-refractivity contribution in [2.45, 2.75) is 13.8 Å². The van der Waals surface area contributed by atoms with Gasteiger partial charge in [0.1, 0.15) is 5.75 Å². The average Bonchev–Trinajstić information content (AvgIpc) is 2.46. The summed E-state index contributed by atoms with van der Waals surface area (Å²) in [7, 11) is 0. The summed E-state index contributed by atoms with van der Waals surface area (Å²) in [6.07, 6.45) is 0. The lowest BCUT2D eigenvalue weighted by atomic mass is 10.0. The standard InChI is InChI=1S/C16H18N2O3/c1-3-17-15(20)11-6-5-10-9-14(19)13(8-12(10)7-11)16(21)18-4-2/h5-9,19H,3-4H2,1-2H3,(H,17,20)(H,18,21). The van der Waals surface area contributed by atoms with Gasteiger partial charge in [-0.3, -0.25) is 9.59 Å². The van der Waals surface area contributed by atoms with Crippen LogP contribution in [-0.4, -0.2) is 30.0 Å². The molecule has 2 rings (SSSR count). The van der Waals surface area contributed by atoms with Crippen molar-refractivity contribution in [3.63, 3.8) is 0 Å². The molecule has 0 aliphatic carbocycles. The summed E-state index contributed by atoms with van der Waals surface area (Å²) in [6, 6.07) is 8.28. The Morgan fingerprint density at radius 3 is 2.29 bits per heavy atom. The maximum Gasteiger partial charge on any atom is 0.255 e. The molecule has 0 saturated carbocycles. The largest absolute Gasteiger partial charge is 0.507 e. The van der Waals surface area contributed by atoms with Gasteiger partial charge in [0.2, 0.25) is 0 Å². The number of hydrogen-bond acceptors (Lipinski definition) is 3. The summed E-state index contributed by atoms with van der Waals surface area (Å²) in [4.78, 5) is 23.7. The number of rotatable bonds is 4. The lowest BCUT2D eigenvalue weighted by Gasteiger charge is -2.08. The lowest BCUT2D eigenvalue weighted by molar-refractivity contribution is 0.0946. The van der Waals surface area contributed by atoms with Crippen LogP contribution in [0.3, 0.4) is 0 Å². The summed E-state index contributed by atoms with van der Waals surface area (Å²) in [5, 5.41) is 16.8. The van der Waals surface area contributed by atoms with Crippen molar-refractivity contribution >= 4 is 22.6 Å². The van der Waals surface area contributed by atoms with E-state index in [-0.39, 0.29) is 23.1 Å². The molecule has 3 N–H and O–H groups in total. The van der Waals surface area contributed by atoms with Gasteiger partial charge >= 0.3 is 0 Å². The molecule has 0 aliphatic heterocycles. The van der Waals surface area contributed by atoms with Gasteiger partial charge in [0.25, 0.3) is 11.8 Å². The van der Waals surface area contributed by atoms with Crippen molar-refractivity contribution < 1.29 is 14.7 Å². The maximum absolute atomic E-state index is 11.9. The van der Waals surface area contributed by atoms with E-state index < -0.39 is 0 Å². The molecule has 0 spiro atoms. The first-order valence-electron chi connectivity index (χ1n) is 6.90. The minimum atomic E-state index is -0.333. The van der Waals surface area contributed by atoms with Crippen molar-refractivity contribution in [3.8, 4) is 5.75 Å². The van der Waals surface area contributed by atoms with Crippen molar-refractivity contribution in [1.82, 2.24) is 10.6 Å². The Labute approximate surface area is 123 Å². The molecule has 5 heteroatoms. The van der Waals surface area contributed by atoms with Crippen molar-refractivity contribution in [3.05, 3.63) is 41.5 Å². The van der Waals surface area contributed by atoms with Crippen LogP contribution in [0.1, 0.15) is 34.6 Å². The Morgan fingerprint density at radius 1 is 0.952 bits per heavy atom. The van der Waals surface area contributed by atoms with Gasteiger partial charge < -0.3 is 15.7 Å². The van der Waals surface area contributed by atoms with Gasteiger partial charge in [-0.1, -0.05) is 6.07 Å². The first-order chi connectivity index (χ1) is 10.1. The average molecular weight is 286 g/mol. The van der Waals surface area contributed by atoms with E-state index in [1.807, 2.05) is 13.8 Å². The Morgan fingerprint density at radius 2 is 1.62 bits per heavy atom. The minimum Gasteiger partial charge on any atom is -0.507 e. The zero-order valence-corrected chi connectivity index (χ0v) is 12.1. The summed E-state index contributed by atoms with van der Waals surface area (Å²) >= 11 is 0. The van der Waals surface area contributed by atoms with Crippen LogP contribution in [0.2, 0.25) is 0 Å². The second-order valence-corrected chi connectivity index (χ2v) is 4.65. The van der Waals surface area contributed by atoms with Gasteiger partial charge in [0, 0.05) is 18.7 Å². The third kappa shape index (κ3) is 3.13. The van der Waals surface area contributed by atoms with Crippen LogP contribution < -0.4 is 10.6 Å². The second-order valence-electron chi connectivity index (χ2n) is 4.65. The Hall–Kier alpha value is -2.56. The molecule has 0 aliphatic rings.